The molecule has 0 N–H and O–H groups in total. The second-order valence-electron chi connectivity index (χ2n) is 7.08. The van der Waals surface area contributed by atoms with E-state index in [0.717, 1.165) is 45.6 Å². The van der Waals surface area contributed by atoms with Gasteiger partial charge >= 0.3 is 0 Å². The van der Waals surface area contributed by atoms with Crippen LogP contribution in [0.1, 0.15) is 34.4 Å². The molecule has 0 bridgehead atoms. The van der Waals surface area contributed by atoms with Crippen molar-refractivity contribution in [2.24, 2.45) is 0 Å². The molecule has 0 aliphatic carbocycles. The molecule has 0 radical (unpaired) electrons. The van der Waals surface area contributed by atoms with Crippen molar-refractivity contribution < 1.29 is 0 Å². The van der Waals surface area contributed by atoms with E-state index < -0.39 is 0 Å². The molecule has 4 rings (SSSR count). The first-order chi connectivity index (χ1) is 14.5. The summed E-state index contributed by atoms with van der Waals surface area (Å²) in [6.07, 6.45) is 4.17. The third-order valence-corrected chi connectivity index (χ3v) is 4.52. The molecule has 6 heteroatoms. The lowest BCUT2D eigenvalue weighted by molar-refractivity contribution is 0.928. The first kappa shape index (κ1) is 19.5. The van der Waals surface area contributed by atoms with E-state index in [1.165, 1.54) is 0 Å². The molecule has 2 heterocycles. The lowest BCUT2D eigenvalue weighted by Crippen LogP contribution is -1.98. The Labute approximate surface area is 175 Å². The quantitative estimate of drug-likeness (QED) is 0.463. The number of nitrogens with zero attached hydrogens (tertiary/aromatic N) is 6. The minimum Gasteiger partial charge on any atom is -0.219 e. The molecule has 2 aromatic heterocycles. The summed E-state index contributed by atoms with van der Waals surface area (Å²) < 4.78 is 0. The molecule has 0 fully saturated rings. The minimum absolute atomic E-state index is 0.704. The lowest BCUT2D eigenvalue weighted by Gasteiger charge is -2.04. The van der Waals surface area contributed by atoms with Crippen LogP contribution in [0, 0.1) is 27.7 Å². The normalized spacial score (nSPS) is 11.2. The van der Waals surface area contributed by atoms with Crippen LogP contribution in [0.3, 0.4) is 0 Å². The maximum atomic E-state index is 4.42. The van der Waals surface area contributed by atoms with Gasteiger partial charge in [-0.3, -0.25) is 0 Å². The van der Waals surface area contributed by atoms with Gasteiger partial charge < -0.3 is 0 Å². The van der Waals surface area contributed by atoms with Crippen LogP contribution in [0.5, 0.6) is 0 Å². The van der Waals surface area contributed by atoms with Crippen LogP contribution in [-0.4, -0.2) is 29.9 Å². The summed E-state index contributed by atoms with van der Waals surface area (Å²) in [5.74, 6) is 4.32. The van der Waals surface area contributed by atoms with Gasteiger partial charge in [-0.15, -0.1) is 0 Å². The van der Waals surface area contributed by atoms with Gasteiger partial charge in [0, 0.05) is 11.1 Å². The Hall–Kier alpha value is -3.80. The maximum absolute atomic E-state index is 4.42. The molecule has 30 heavy (non-hydrogen) atoms. The molecule has 0 spiro atoms. The Morgan fingerprint density at radius 3 is 1.03 bits per heavy atom. The zero-order valence-corrected chi connectivity index (χ0v) is 17.5. The zero-order chi connectivity index (χ0) is 21.1. The summed E-state index contributed by atoms with van der Waals surface area (Å²) in [7, 11) is 0. The van der Waals surface area contributed by atoms with Crippen LogP contribution in [0.4, 0.5) is 0 Å². The lowest BCUT2D eigenvalue weighted by atomic mass is 10.1. The number of hydrogen-bond donors (Lipinski definition) is 0. The minimum atomic E-state index is 0.704. The van der Waals surface area contributed by atoms with Gasteiger partial charge in [0.1, 0.15) is 23.3 Å². The second kappa shape index (κ2) is 8.29. The smallest absolute Gasteiger partial charge is 0.163 e. The molecule has 6 nitrogen and oxygen atoms in total. The first-order valence-electron chi connectivity index (χ1n) is 9.74. The van der Waals surface area contributed by atoms with Crippen LogP contribution in [0.25, 0.3) is 34.9 Å². The first-order valence-corrected chi connectivity index (χ1v) is 9.74. The van der Waals surface area contributed by atoms with Gasteiger partial charge in [-0.25, -0.2) is 29.9 Å². The standard InChI is InChI=1S/C24H22N6/c1-15-25-16(2)28-23(27-15)21-11-7-19(8-12-21)5-6-20-9-13-22(14-10-20)24-29-17(3)26-18(4)30-24/h5-14H,1-4H3/b6-5+. The fourth-order valence-electron chi connectivity index (χ4n) is 3.17. The van der Waals surface area contributed by atoms with E-state index in [0.29, 0.717) is 11.6 Å². The van der Waals surface area contributed by atoms with Crippen LogP contribution in [0.15, 0.2) is 48.5 Å². The number of hydrogen-bond acceptors (Lipinski definition) is 6. The van der Waals surface area contributed by atoms with E-state index in [1.54, 1.807) is 0 Å². The summed E-state index contributed by atoms with van der Waals surface area (Å²) >= 11 is 0. The average molecular weight is 394 g/mol. The van der Waals surface area contributed by atoms with E-state index >= 15 is 0 Å². The highest BCUT2D eigenvalue weighted by atomic mass is 15.0. The van der Waals surface area contributed by atoms with Crippen molar-refractivity contribution in [3.63, 3.8) is 0 Å². The van der Waals surface area contributed by atoms with E-state index in [9.17, 15) is 0 Å². The summed E-state index contributed by atoms with van der Waals surface area (Å²) in [6.45, 7) is 7.51. The van der Waals surface area contributed by atoms with Gasteiger partial charge in [-0.2, -0.15) is 0 Å². The van der Waals surface area contributed by atoms with Gasteiger partial charge in [-0.1, -0.05) is 60.7 Å². The topological polar surface area (TPSA) is 77.3 Å². The Kier molecular flexibility index (Phi) is 5.39. The van der Waals surface area contributed by atoms with Crippen molar-refractivity contribution in [3.8, 4) is 22.8 Å². The van der Waals surface area contributed by atoms with Crippen molar-refractivity contribution in [3.05, 3.63) is 83.0 Å². The largest absolute Gasteiger partial charge is 0.219 e. The molecule has 0 saturated carbocycles. The molecule has 4 aromatic rings. The Bertz CT molecular complexity index is 1070. The summed E-state index contributed by atoms with van der Waals surface area (Å²) in [4.78, 5) is 26.1. The second-order valence-corrected chi connectivity index (χ2v) is 7.08. The van der Waals surface area contributed by atoms with Gasteiger partial charge in [0.2, 0.25) is 0 Å². The predicted molar refractivity (Wildman–Crippen MR) is 118 cm³/mol. The van der Waals surface area contributed by atoms with Crippen LogP contribution in [-0.2, 0) is 0 Å². The average Bonchev–Trinajstić information content (AvgIpc) is 2.71. The summed E-state index contributed by atoms with van der Waals surface area (Å²) in [6, 6.07) is 16.4. The zero-order valence-electron chi connectivity index (χ0n) is 17.5. The fraction of sp³-hybridized carbons (Fsp3) is 0.167. The highest BCUT2D eigenvalue weighted by Gasteiger charge is 2.05. The van der Waals surface area contributed by atoms with E-state index in [4.69, 9.17) is 0 Å². The van der Waals surface area contributed by atoms with Gasteiger partial charge in [0.15, 0.2) is 11.6 Å². The summed E-state index contributed by atoms with van der Waals surface area (Å²) in [5.41, 5.74) is 4.17. The molecule has 0 aliphatic rings. The van der Waals surface area contributed by atoms with Crippen LogP contribution >= 0.6 is 0 Å². The van der Waals surface area contributed by atoms with Gasteiger partial charge in [0.05, 0.1) is 0 Å². The van der Waals surface area contributed by atoms with Gasteiger partial charge in [0.25, 0.3) is 0 Å². The third kappa shape index (κ3) is 4.60. The third-order valence-electron chi connectivity index (χ3n) is 4.52. The monoisotopic (exact) mass is 394 g/mol. The molecular weight excluding hydrogens is 372 g/mol. The van der Waals surface area contributed by atoms with E-state index in [2.05, 4.69) is 66.3 Å². The SMILES string of the molecule is Cc1nc(C)nc(-c2ccc(/C=C/c3ccc(-c4nc(C)nc(C)n4)cc3)cc2)n1. The Morgan fingerprint density at radius 1 is 0.433 bits per heavy atom. The van der Waals surface area contributed by atoms with Crippen LogP contribution in [0.2, 0.25) is 0 Å². The van der Waals surface area contributed by atoms with Crippen molar-refractivity contribution in [1.29, 1.82) is 0 Å². The molecule has 0 amide bonds. The molecule has 0 atom stereocenters. The van der Waals surface area contributed by atoms with Crippen molar-refractivity contribution >= 4 is 12.2 Å². The number of rotatable bonds is 4. The van der Waals surface area contributed by atoms with Crippen molar-refractivity contribution in [2.45, 2.75) is 27.7 Å². The molecule has 0 aliphatic heterocycles. The molecule has 0 saturated heterocycles. The van der Waals surface area contributed by atoms with Gasteiger partial charge in [-0.05, 0) is 38.8 Å². The van der Waals surface area contributed by atoms with E-state index in [1.807, 2.05) is 52.0 Å². The van der Waals surface area contributed by atoms with Crippen LogP contribution < -0.4 is 0 Å². The molecular formula is C24H22N6. The molecule has 148 valence electrons. The Balaban J connectivity index is 1.49. The van der Waals surface area contributed by atoms with Crippen molar-refractivity contribution in [2.75, 3.05) is 0 Å². The fourth-order valence-corrected chi connectivity index (χ4v) is 3.17. The molecule has 0 unspecified atom stereocenters. The number of aromatic nitrogens is 6. The maximum Gasteiger partial charge on any atom is 0.163 e. The number of aryl methyl sites for hydroxylation is 4. The van der Waals surface area contributed by atoms with Crippen molar-refractivity contribution in [1.82, 2.24) is 29.9 Å². The van der Waals surface area contributed by atoms with E-state index in [-0.39, 0.29) is 0 Å². The molecule has 2 aromatic carbocycles. The Morgan fingerprint density at radius 2 is 0.733 bits per heavy atom. The number of benzene rings is 2. The highest BCUT2D eigenvalue weighted by Crippen LogP contribution is 2.19. The predicted octanol–water partition coefficient (Wildman–Crippen LogP) is 4.79. The highest BCUT2D eigenvalue weighted by molar-refractivity contribution is 5.72. The summed E-state index contributed by atoms with van der Waals surface area (Å²) in [5, 5.41) is 0.